The zero-order valence-corrected chi connectivity index (χ0v) is 16.3. The number of hydrogen-bond acceptors (Lipinski definition) is 4. The molecule has 0 saturated carbocycles. The van der Waals surface area contributed by atoms with Crippen LogP contribution in [0.4, 0.5) is 11.4 Å². The van der Waals surface area contributed by atoms with Crippen LogP contribution in [-0.4, -0.2) is 26.8 Å². The smallest absolute Gasteiger partial charge is 0.240 e. The minimum absolute atomic E-state index is 0.0105. The van der Waals surface area contributed by atoms with Crippen LogP contribution in [0.25, 0.3) is 0 Å². The third-order valence-electron chi connectivity index (χ3n) is 3.80. The van der Waals surface area contributed by atoms with E-state index in [1.807, 2.05) is 32.0 Å². The van der Waals surface area contributed by atoms with Crippen molar-refractivity contribution in [3.63, 3.8) is 0 Å². The highest BCUT2D eigenvalue weighted by atomic mass is 32.2. The summed E-state index contributed by atoms with van der Waals surface area (Å²) in [5.41, 5.74) is 3.19. The number of hydrogen-bond donors (Lipinski definition) is 3. The van der Waals surface area contributed by atoms with Crippen molar-refractivity contribution in [3.8, 4) is 0 Å². The molecule has 0 aliphatic heterocycles. The van der Waals surface area contributed by atoms with Crippen molar-refractivity contribution in [1.29, 1.82) is 0 Å². The fourth-order valence-electron chi connectivity index (χ4n) is 2.39. The second-order valence-electron chi connectivity index (χ2n) is 6.22. The van der Waals surface area contributed by atoms with Gasteiger partial charge in [-0.2, -0.15) is 0 Å². The number of carbonyl (C=O) groups excluding carboxylic acids is 2. The maximum atomic E-state index is 12.3. The molecule has 0 aliphatic carbocycles. The van der Waals surface area contributed by atoms with Crippen LogP contribution in [0, 0.1) is 13.8 Å². The average molecular weight is 389 g/mol. The molecular weight excluding hydrogens is 366 g/mol. The van der Waals surface area contributed by atoms with E-state index in [1.54, 1.807) is 0 Å². The average Bonchev–Trinajstić information content (AvgIpc) is 2.58. The molecule has 0 saturated heterocycles. The second-order valence-corrected chi connectivity index (χ2v) is 7.99. The minimum Gasteiger partial charge on any atom is -0.326 e. The summed E-state index contributed by atoms with van der Waals surface area (Å²) >= 11 is 0. The van der Waals surface area contributed by atoms with Crippen LogP contribution < -0.4 is 15.4 Å². The zero-order chi connectivity index (χ0) is 20.0. The molecule has 2 amide bonds. The van der Waals surface area contributed by atoms with E-state index in [-0.39, 0.29) is 29.7 Å². The van der Waals surface area contributed by atoms with Gasteiger partial charge in [-0.05, 0) is 55.3 Å². The first-order chi connectivity index (χ1) is 12.7. The van der Waals surface area contributed by atoms with Gasteiger partial charge < -0.3 is 10.6 Å². The van der Waals surface area contributed by atoms with Crippen molar-refractivity contribution in [2.75, 3.05) is 17.2 Å². The van der Waals surface area contributed by atoms with Crippen molar-refractivity contribution in [1.82, 2.24) is 4.72 Å². The summed E-state index contributed by atoms with van der Waals surface area (Å²) in [5, 5.41) is 5.35. The van der Waals surface area contributed by atoms with Gasteiger partial charge >= 0.3 is 0 Å². The molecule has 0 unspecified atom stereocenters. The number of sulfonamides is 1. The van der Waals surface area contributed by atoms with Gasteiger partial charge in [0.15, 0.2) is 0 Å². The number of carbonyl (C=O) groups is 2. The summed E-state index contributed by atoms with van der Waals surface area (Å²) in [6.45, 7) is 5.17. The number of amides is 2. The second kappa shape index (κ2) is 8.79. The molecule has 0 fully saturated rings. The first-order valence-electron chi connectivity index (χ1n) is 8.42. The maximum absolute atomic E-state index is 12.3. The van der Waals surface area contributed by atoms with Crippen LogP contribution in [-0.2, 0) is 19.6 Å². The Morgan fingerprint density at radius 2 is 1.63 bits per heavy atom. The van der Waals surface area contributed by atoms with Crippen molar-refractivity contribution in [2.24, 2.45) is 0 Å². The van der Waals surface area contributed by atoms with E-state index in [1.165, 1.54) is 31.2 Å². The quantitative estimate of drug-likeness (QED) is 0.677. The molecule has 0 bridgehead atoms. The van der Waals surface area contributed by atoms with E-state index >= 15 is 0 Å². The highest BCUT2D eigenvalue weighted by Gasteiger charge is 2.14. The van der Waals surface area contributed by atoms with Gasteiger partial charge in [0.1, 0.15) is 0 Å². The molecule has 0 spiro atoms. The third kappa shape index (κ3) is 6.19. The lowest BCUT2D eigenvalue weighted by atomic mass is 10.1. The number of anilines is 2. The third-order valence-corrected chi connectivity index (χ3v) is 5.27. The van der Waals surface area contributed by atoms with E-state index in [4.69, 9.17) is 0 Å². The monoisotopic (exact) mass is 389 g/mol. The van der Waals surface area contributed by atoms with Crippen LogP contribution in [0.1, 0.15) is 24.5 Å². The molecule has 144 valence electrons. The van der Waals surface area contributed by atoms with E-state index in [2.05, 4.69) is 15.4 Å². The SMILES string of the molecule is CC(=O)Nc1ccc(S(=O)(=O)NCCC(=O)Nc2cc(C)ccc2C)cc1. The van der Waals surface area contributed by atoms with Gasteiger partial charge in [0.05, 0.1) is 4.90 Å². The van der Waals surface area contributed by atoms with Crippen molar-refractivity contribution >= 4 is 33.2 Å². The Kier molecular flexibility index (Phi) is 6.70. The lowest BCUT2D eigenvalue weighted by Gasteiger charge is -2.10. The van der Waals surface area contributed by atoms with E-state index in [9.17, 15) is 18.0 Å². The lowest BCUT2D eigenvalue weighted by Crippen LogP contribution is -2.28. The van der Waals surface area contributed by atoms with Crippen LogP contribution >= 0.6 is 0 Å². The molecule has 7 nitrogen and oxygen atoms in total. The number of nitrogens with one attached hydrogen (secondary N) is 3. The predicted molar refractivity (Wildman–Crippen MR) is 105 cm³/mol. The first-order valence-corrected chi connectivity index (χ1v) is 9.90. The summed E-state index contributed by atoms with van der Waals surface area (Å²) < 4.78 is 27.0. The molecule has 0 heterocycles. The summed E-state index contributed by atoms with van der Waals surface area (Å²) in [7, 11) is -3.73. The largest absolute Gasteiger partial charge is 0.326 e. The van der Waals surface area contributed by atoms with Crippen molar-refractivity contribution < 1.29 is 18.0 Å². The fourth-order valence-corrected chi connectivity index (χ4v) is 3.42. The number of benzene rings is 2. The highest BCUT2D eigenvalue weighted by Crippen LogP contribution is 2.17. The Bertz CT molecular complexity index is 938. The van der Waals surface area contributed by atoms with Gasteiger partial charge in [0.25, 0.3) is 0 Å². The summed E-state index contributed by atoms with van der Waals surface area (Å²) in [6, 6.07) is 11.5. The molecule has 2 aromatic carbocycles. The lowest BCUT2D eigenvalue weighted by molar-refractivity contribution is -0.116. The standard InChI is InChI=1S/C19H23N3O4S/c1-13-4-5-14(2)18(12-13)22-19(24)10-11-20-27(25,26)17-8-6-16(7-9-17)21-15(3)23/h4-9,12,20H,10-11H2,1-3H3,(H,21,23)(H,22,24). The Hall–Kier alpha value is -2.71. The Morgan fingerprint density at radius 1 is 0.963 bits per heavy atom. The molecule has 8 heteroatoms. The summed E-state index contributed by atoms with van der Waals surface area (Å²) in [4.78, 5) is 23.1. The van der Waals surface area contributed by atoms with Crippen LogP contribution in [0.2, 0.25) is 0 Å². The van der Waals surface area contributed by atoms with Gasteiger partial charge in [-0.1, -0.05) is 12.1 Å². The normalized spacial score (nSPS) is 11.1. The van der Waals surface area contributed by atoms with Gasteiger partial charge in [-0.3, -0.25) is 9.59 Å². The van der Waals surface area contributed by atoms with Gasteiger partial charge in [-0.15, -0.1) is 0 Å². The van der Waals surface area contributed by atoms with Crippen LogP contribution in [0.5, 0.6) is 0 Å². The number of aryl methyl sites for hydroxylation is 2. The first kappa shape index (κ1) is 20.6. The van der Waals surface area contributed by atoms with Gasteiger partial charge in [0, 0.05) is 31.3 Å². The molecule has 0 atom stereocenters. The van der Waals surface area contributed by atoms with Gasteiger partial charge in [0.2, 0.25) is 21.8 Å². The number of rotatable bonds is 7. The highest BCUT2D eigenvalue weighted by molar-refractivity contribution is 7.89. The summed E-state index contributed by atoms with van der Waals surface area (Å²) in [6.07, 6.45) is 0.0105. The molecule has 27 heavy (non-hydrogen) atoms. The van der Waals surface area contributed by atoms with Crippen LogP contribution in [0.3, 0.4) is 0 Å². The predicted octanol–water partition coefficient (Wildman–Crippen LogP) is 2.57. The topological polar surface area (TPSA) is 104 Å². The Labute approximate surface area is 159 Å². The van der Waals surface area contributed by atoms with E-state index in [0.717, 1.165) is 16.8 Å². The Morgan fingerprint density at radius 3 is 2.26 bits per heavy atom. The fraction of sp³-hybridized carbons (Fsp3) is 0.263. The molecule has 0 radical (unpaired) electrons. The molecular formula is C19H23N3O4S. The molecule has 2 rings (SSSR count). The molecule has 3 N–H and O–H groups in total. The van der Waals surface area contributed by atoms with Crippen molar-refractivity contribution in [3.05, 3.63) is 53.6 Å². The Balaban J connectivity index is 1.90. The maximum Gasteiger partial charge on any atom is 0.240 e. The van der Waals surface area contributed by atoms with Crippen LogP contribution in [0.15, 0.2) is 47.4 Å². The minimum atomic E-state index is -3.73. The zero-order valence-electron chi connectivity index (χ0n) is 15.5. The molecule has 2 aromatic rings. The van der Waals surface area contributed by atoms with Gasteiger partial charge in [-0.25, -0.2) is 13.1 Å². The van der Waals surface area contributed by atoms with Crippen molar-refractivity contribution in [2.45, 2.75) is 32.1 Å². The van der Waals surface area contributed by atoms with E-state index < -0.39 is 10.0 Å². The summed E-state index contributed by atoms with van der Waals surface area (Å²) in [5.74, 6) is -0.508. The molecule has 0 aromatic heterocycles. The van der Waals surface area contributed by atoms with E-state index in [0.29, 0.717) is 5.69 Å². The molecule has 0 aliphatic rings.